The number of ether oxygens (including phenoxy) is 1. The number of pyridine rings is 1. The number of hydrogen-bond donors (Lipinski definition) is 1. The maximum atomic E-state index is 5.33. The maximum absolute atomic E-state index is 5.33. The first-order valence-corrected chi connectivity index (χ1v) is 11.0. The number of nitrogens with zero attached hydrogens (tertiary/aromatic N) is 3. The third-order valence-electron chi connectivity index (χ3n) is 6.14. The summed E-state index contributed by atoms with van der Waals surface area (Å²) in [5, 5.41) is 4.70. The van der Waals surface area contributed by atoms with Gasteiger partial charge in [0.1, 0.15) is 17.9 Å². The zero-order chi connectivity index (χ0) is 21.5. The lowest BCUT2D eigenvalue weighted by atomic mass is 10.0. The van der Waals surface area contributed by atoms with Crippen LogP contribution in [0.5, 0.6) is 5.75 Å². The Bertz CT molecular complexity index is 1420. The van der Waals surface area contributed by atoms with Gasteiger partial charge in [-0.05, 0) is 48.2 Å². The van der Waals surface area contributed by atoms with E-state index in [4.69, 9.17) is 9.72 Å². The van der Waals surface area contributed by atoms with Gasteiger partial charge in [-0.3, -0.25) is 4.57 Å². The fourth-order valence-corrected chi connectivity index (χ4v) is 4.16. The number of benzene rings is 3. The van der Waals surface area contributed by atoms with Crippen LogP contribution in [-0.4, -0.2) is 27.7 Å². The molecule has 2 heterocycles. The molecule has 6 rings (SSSR count). The van der Waals surface area contributed by atoms with Crippen LogP contribution in [0, 0.1) is 0 Å². The van der Waals surface area contributed by atoms with E-state index in [0.717, 1.165) is 51.7 Å². The van der Waals surface area contributed by atoms with Crippen LogP contribution in [0.3, 0.4) is 0 Å². The molecule has 5 aromatic rings. The Kier molecular flexibility index (Phi) is 4.62. The Morgan fingerprint density at radius 3 is 2.69 bits per heavy atom. The molecule has 1 fully saturated rings. The van der Waals surface area contributed by atoms with E-state index in [2.05, 4.69) is 58.8 Å². The topological polar surface area (TPSA) is 52.0 Å². The highest BCUT2D eigenvalue weighted by molar-refractivity contribution is 5.94. The lowest BCUT2D eigenvalue weighted by Gasteiger charge is -2.10. The molecule has 1 aliphatic rings. The van der Waals surface area contributed by atoms with Crippen LogP contribution in [0.4, 0.5) is 0 Å². The molecule has 1 aliphatic carbocycles. The minimum Gasteiger partial charge on any atom is -0.497 e. The third kappa shape index (κ3) is 3.51. The second kappa shape index (κ2) is 7.77. The van der Waals surface area contributed by atoms with E-state index in [1.807, 2.05) is 35.2 Å². The molecular weight excluding hydrogens is 396 g/mol. The van der Waals surface area contributed by atoms with Gasteiger partial charge in [0.25, 0.3) is 0 Å². The average Bonchev–Trinajstić information content (AvgIpc) is 3.59. The van der Waals surface area contributed by atoms with Crippen LogP contribution in [0.25, 0.3) is 38.9 Å². The fraction of sp³-hybridized carbons (Fsp3) is 0.185. The highest BCUT2D eigenvalue weighted by Crippen LogP contribution is 2.30. The number of fused-ring (bicyclic) bond motifs is 2. The molecule has 2 aromatic heterocycles. The van der Waals surface area contributed by atoms with Gasteiger partial charge in [0.05, 0.1) is 23.7 Å². The summed E-state index contributed by atoms with van der Waals surface area (Å²) in [5.41, 5.74) is 6.50. The zero-order valence-electron chi connectivity index (χ0n) is 18.0. The summed E-state index contributed by atoms with van der Waals surface area (Å²) < 4.78 is 7.35. The molecule has 5 heteroatoms. The monoisotopic (exact) mass is 420 g/mol. The van der Waals surface area contributed by atoms with Crippen LogP contribution in [0.1, 0.15) is 18.4 Å². The standard InChI is InChI=1S/C27H24N4O/c1-32-22-12-13-25-24(15-22)29-17-31(25)26-14-9-20-3-2-4-23(27(20)30-26)19-7-5-18(6-8-19)16-28-21-10-11-21/h2-9,12-15,17,21,28H,10-11,16H2,1H3. The maximum Gasteiger partial charge on any atom is 0.139 e. The van der Waals surface area contributed by atoms with Gasteiger partial charge in [0, 0.05) is 29.6 Å². The van der Waals surface area contributed by atoms with Gasteiger partial charge >= 0.3 is 0 Å². The van der Waals surface area contributed by atoms with Crippen molar-refractivity contribution in [1.82, 2.24) is 19.9 Å². The Labute approximate surface area is 186 Å². The van der Waals surface area contributed by atoms with E-state index < -0.39 is 0 Å². The minimum absolute atomic E-state index is 0.718. The molecule has 32 heavy (non-hydrogen) atoms. The zero-order valence-corrected chi connectivity index (χ0v) is 18.0. The lowest BCUT2D eigenvalue weighted by molar-refractivity contribution is 0.415. The molecule has 0 unspecified atom stereocenters. The molecule has 0 saturated heterocycles. The van der Waals surface area contributed by atoms with Crippen LogP contribution in [-0.2, 0) is 6.54 Å². The predicted octanol–water partition coefficient (Wildman–Crippen LogP) is 5.50. The number of hydrogen-bond acceptors (Lipinski definition) is 4. The molecule has 0 spiro atoms. The van der Waals surface area contributed by atoms with E-state index in [9.17, 15) is 0 Å². The quantitative estimate of drug-likeness (QED) is 0.394. The van der Waals surface area contributed by atoms with Gasteiger partial charge in [0.2, 0.25) is 0 Å². The van der Waals surface area contributed by atoms with Crippen LogP contribution in [0.15, 0.2) is 79.1 Å². The number of rotatable bonds is 6. The van der Waals surface area contributed by atoms with Crippen molar-refractivity contribution in [3.05, 3.63) is 84.7 Å². The van der Waals surface area contributed by atoms with Crippen molar-refractivity contribution in [3.63, 3.8) is 0 Å². The average molecular weight is 421 g/mol. The van der Waals surface area contributed by atoms with Crippen LogP contribution < -0.4 is 10.1 Å². The smallest absolute Gasteiger partial charge is 0.139 e. The van der Waals surface area contributed by atoms with Crippen molar-refractivity contribution in [2.75, 3.05) is 7.11 Å². The molecule has 0 atom stereocenters. The summed E-state index contributed by atoms with van der Waals surface area (Å²) in [4.78, 5) is 9.60. The summed E-state index contributed by atoms with van der Waals surface area (Å²) in [6, 6.07) is 26.0. The van der Waals surface area contributed by atoms with Gasteiger partial charge in [-0.1, -0.05) is 42.5 Å². The third-order valence-corrected chi connectivity index (χ3v) is 6.14. The van der Waals surface area contributed by atoms with Gasteiger partial charge in [-0.15, -0.1) is 0 Å². The van der Waals surface area contributed by atoms with Gasteiger partial charge in [0.15, 0.2) is 0 Å². The van der Waals surface area contributed by atoms with Crippen molar-refractivity contribution in [2.24, 2.45) is 0 Å². The summed E-state index contributed by atoms with van der Waals surface area (Å²) in [6.07, 6.45) is 4.44. The Morgan fingerprint density at radius 2 is 1.88 bits per heavy atom. The molecular formula is C27H24N4O. The molecule has 5 nitrogen and oxygen atoms in total. The Balaban J connectivity index is 1.39. The first kappa shape index (κ1) is 19.0. The van der Waals surface area contributed by atoms with Crippen molar-refractivity contribution in [3.8, 4) is 22.7 Å². The first-order valence-electron chi connectivity index (χ1n) is 11.0. The normalized spacial score (nSPS) is 13.7. The Hall–Kier alpha value is -3.70. The van der Waals surface area contributed by atoms with E-state index in [1.54, 1.807) is 7.11 Å². The molecule has 158 valence electrons. The molecule has 0 amide bonds. The molecule has 0 radical (unpaired) electrons. The van der Waals surface area contributed by atoms with Crippen LogP contribution >= 0.6 is 0 Å². The minimum atomic E-state index is 0.718. The van der Waals surface area contributed by atoms with Crippen molar-refractivity contribution in [1.29, 1.82) is 0 Å². The van der Waals surface area contributed by atoms with Crippen molar-refractivity contribution in [2.45, 2.75) is 25.4 Å². The number of aromatic nitrogens is 3. The van der Waals surface area contributed by atoms with E-state index >= 15 is 0 Å². The number of para-hydroxylation sites is 1. The summed E-state index contributed by atoms with van der Waals surface area (Å²) in [7, 11) is 1.67. The van der Waals surface area contributed by atoms with Crippen LogP contribution in [0.2, 0.25) is 0 Å². The molecule has 3 aromatic carbocycles. The van der Waals surface area contributed by atoms with Gasteiger partial charge < -0.3 is 10.1 Å². The number of nitrogens with one attached hydrogen (secondary N) is 1. The van der Waals surface area contributed by atoms with Gasteiger partial charge in [-0.25, -0.2) is 9.97 Å². The van der Waals surface area contributed by atoms with E-state index in [1.165, 1.54) is 24.0 Å². The SMILES string of the molecule is COc1ccc2c(c1)ncn2-c1ccc2cccc(-c3ccc(CNC4CC4)cc3)c2n1. The summed E-state index contributed by atoms with van der Waals surface area (Å²) in [5.74, 6) is 1.65. The fourth-order valence-electron chi connectivity index (χ4n) is 4.16. The van der Waals surface area contributed by atoms with Gasteiger partial charge in [-0.2, -0.15) is 0 Å². The molecule has 0 aliphatic heterocycles. The van der Waals surface area contributed by atoms with E-state index in [-0.39, 0.29) is 0 Å². The predicted molar refractivity (Wildman–Crippen MR) is 128 cm³/mol. The molecule has 0 bridgehead atoms. The largest absolute Gasteiger partial charge is 0.497 e. The lowest BCUT2D eigenvalue weighted by Crippen LogP contribution is -2.14. The summed E-state index contributed by atoms with van der Waals surface area (Å²) in [6.45, 7) is 0.932. The summed E-state index contributed by atoms with van der Waals surface area (Å²) >= 11 is 0. The first-order chi connectivity index (χ1) is 15.8. The molecule has 1 N–H and O–H groups in total. The number of methoxy groups -OCH3 is 1. The number of imidazole rings is 1. The van der Waals surface area contributed by atoms with E-state index in [0.29, 0.717) is 0 Å². The highest BCUT2D eigenvalue weighted by Gasteiger charge is 2.19. The highest BCUT2D eigenvalue weighted by atomic mass is 16.5. The second-order valence-corrected chi connectivity index (χ2v) is 8.37. The van der Waals surface area contributed by atoms with Crippen molar-refractivity contribution < 1.29 is 4.74 Å². The molecule has 1 saturated carbocycles. The Morgan fingerprint density at radius 1 is 1.00 bits per heavy atom. The second-order valence-electron chi connectivity index (χ2n) is 8.37. The van der Waals surface area contributed by atoms with Crippen molar-refractivity contribution >= 4 is 21.9 Å².